The lowest BCUT2D eigenvalue weighted by atomic mass is 10.1. The number of carbonyl (C=O) groups excluding carboxylic acids is 1. The fraction of sp³-hybridized carbons (Fsp3) is 0.429. The number of ether oxygens (including phenoxy) is 1. The van der Waals surface area contributed by atoms with Crippen LogP contribution < -0.4 is 4.74 Å². The number of carbonyl (C=O) groups is 1. The van der Waals surface area contributed by atoms with Crippen molar-refractivity contribution < 1.29 is 18.3 Å². The summed E-state index contributed by atoms with van der Waals surface area (Å²) in [5, 5.41) is 0. The second-order valence-electron chi connectivity index (χ2n) is 6.89. The number of aromatic nitrogens is 1. The van der Waals surface area contributed by atoms with Crippen LogP contribution in [0.4, 0.5) is 8.78 Å². The van der Waals surface area contributed by atoms with Gasteiger partial charge in [0.2, 0.25) is 5.91 Å². The average molecular weight is 389 g/mol. The first-order valence-electron chi connectivity index (χ1n) is 9.53. The number of benzene rings is 1. The number of nitrogens with zero attached hydrogens (tertiary/aromatic N) is 3. The van der Waals surface area contributed by atoms with Gasteiger partial charge in [-0.3, -0.25) is 14.7 Å². The second kappa shape index (κ2) is 10.1. The van der Waals surface area contributed by atoms with Crippen LogP contribution >= 0.6 is 0 Å². The molecule has 0 N–H and O–H groups in total. The zero-order chi connectivity index (χ0) is 19.8. The number of hydrogen-bond acceptors (Lipinski definition) is 4. The predicted octanol–water partition coefficient (Wildman–Crippen LogP) is 3.35. The van der Waals surface area contributed by atoms with E-state index in [2.05, 4.69) is 14.6 Å². The van der Waals surface area contributed by atoms with E-state index in [-0.39, 0.29) is 11.7 Å². The van der Waals surface area contributed by atoms with Gasteiger partial charge in [-0.1, -0.05) is 12.1 Å². The number of amides is 1. The van der Waals surface area contributed by atoms with Gasteiger partial charge in [0.1, 0.15) is 5.75 Å². The second-order valence-corrected chi connectivity index (χ2v) is 6.89. The summed E-state index contributed by atoms with van der Waals surface area (Å²) in [7, 11) is 0. The van der Waals surface area contributed by atoms with Gasteiger partial charge in [-0.05, 0) is 48.2 Å². The summed E-state index contributed by atoms with van der Waals surface area (Å²) >= 11 is 0. The first-order chi connectivity index (χ1) is 13.6. The Bertz CT molecular complexity index is 758. The van der Waals surface area contributed by atoms with Gasteiger partial charge >= 0.3 is 6.61 Å². The van der Waals surface area contributed by atoms with Crippen molar-refractivity contribution in [2.75, 3.05) is 26.2 Å². The minimum atomic E-state index is -2.82. The van der Waals surface area contributed by atoms with E-state index in [0.29, 0.717) is 19.5 Å². The summed E-state index contributed by atoms with van der Waals surface area (Å²) in [6, 6.07) is 10.7. The van der Waals surface area contributed by atoms with Gasteiger partial charge in [0, 0.05) is 51.5 Å². The van der Waals surface area contributed by atoms with Crippen LogP contribution in [0.2, 0.25) is 0 Å². The SMILES string of the molecule is O=C(CCc1ccncc1)N1CCCN(Cc2cccc(OC(F)F)c2)CC1. The number of pyridine rings is 1. The minimum Gasteiger partial charge on any atom is -0.435 e. The number of hydrogen-bond donors (Lipinski definition) is 0. The smallest absolute Gasteiger partial charge is 0.387 e. The molecule has 0 bridgehead atoms. The molecular formula is C21H25F2N3O2. The Morgan fingerprint density at radius 3 is 2.68 bits per heavy atom. The van der Waals surface area contributed by atoms with Crippen molar-refractivity contribution in [3.05, 3.63) is 59.9 Å². The minimum absolute atomic E-state index is 0.172. The Hall–Kier alpha value is -2.54. The lowest BCUT2D eigenvalue weighted by Gasteiger charge is -2.22. The van der Waals surface area contributed by atoms with Gasteiger partial charge in [-0.15, -0.1) is 0 Å². The third-order valence-electron chi connectivity index (χ3n) is 4.85. The molecule has 0 unspecified atom stereocenters. The molecule has 1 amide bonds. The van der Waals surface area contributed by atoms with Crippen molar-refractivity contribution in [3.8, 4) is 5.75 Å². The molecule has 150 valence electrons. The van der Waals surface area contributed by atoms with Crippen LogP contribution in [0.1, 0.15) is 24.0 Å². The van der Waals surface area contributed by atoms with Crippen LogP contribution in [-0.4, -0.2) is 53.5 Å². The third kappa shape index (κ3) is 6.27. The zero-order valence-corrected chi connectivity index (χ0v) is 15.8. The first kappa shape index (κ1) is 20.2. The molecule has 2 aromatic rings. The molecule has 5 nitrogen and oxygen atoms in total. The molecule has 0 aliphatic carbocycles. The zero-order valence-electron chi connectivity index (χ0n) is 15.8. The van der Waals surface area contributed by atoms with Crippen LogP contribution in [0.5, 0.6) is 5.75 Å². The monoisotopic (exact) mass is 389 g/mol. The molecule has 0 atom stereocenters. The van der Waals surface area contributed by atoms with E-state index in [1.54, 1.807) is 24.5 Å². The normalized spacial score (nSPS) is 15.5. The van der Waals surface area contributed by atoms with Crippen molar-refractivity contribution in [1.82, 2.24) is 14.8 Å². The van der Waals surface area contributed by atoms with E-state index in [9.17, 15) is 13.6 Å². The molecule has 3 rings (SSSR count). The Labute approximate surface area is 163 Å². The Morgan fingerprint density at radius 1 is 1.07 bits per heavy atom. The van der Waals surface area contributed by atoms with Crippen LogP contribution in [0.15, 0.2) is 48.8 Å². The lowest BCUT2D eigenvalue weighted by molar-refractivity contribution is -0.131. The van der Waals surface area contributed by atoms with Gasteiger partial charge in [0.05, 0.1) is 0 Å². The van der Waals surface area contributed by atoms with Crippen LogP contribution in [0.25, 0.3) is 0 Å². The maximum absolute atomic E-state index is 12.5. The van der Waals surface area contributed by atoms with E-state index in [1.165, 1.54) is 6.07 Å². The summed E-state index contributed by atoms with van der Waals surface area (Å²) in [5.74, 6) is 0.348. The third-order valence-corrected chi connectivity index (χ3v) is 4.85. The highest BCUT2D eigenvalue weighted by Crippen LogP contribution is 2.18. The van der Waals surface area contributed by atoms with Crippen molar-refractivity contribution in [2.24, 2.45) is 0 Å². The Morgan fingerprint density at radius 2 is 1.89 bits per heavy atom. The molecule has 2 heterocycles. The summed E-state index contributed by atoms with van der Waals surface area (Å²) < 4.78 is 29.2. The molecule has 0 spiro atoms. The highest BCUT2D eigenvalue weighted by Gasteiger charge is 2.19. The van der Waals surface area contributed by atoms with E-state index in [4.69, 9.17) is 0 Å². The summed E-state index contributed by atoms with van der Waals surface area (Å²) in [6.45, 7) is 0.900. The lowest BCUT2D eigenvalue weighted by Crippen LogP contribution is -2.35. The maximum atomic E-state index is 12.5. The first-order valence-corrected chi connectivity index (χ1v) is 9.53. The van der Waals surface area contributed by atoms with Gasteiger partial charge in [-0.2, -0.15) is 8.78 Å². The van der Waals surface area contributed by atoms with Gasteiger partial charge < -0.3 is 9.64 Å². The molecule has 1 fully saturated rings. The maximum Gasteiger partial charge on any atom is 0.387 e. The van der Waals surface area contributed by atoms with Crippen molar-refractivity contribution in [3.63, 3.8) is 0 Å². The summed E-state index contributed by atoms with van der Waals surface area (Å²) in [4.78, 5) is 20.7. The van der Waals surface area contributed by atoms with Gasteiger partial charge in [-0.25, -0.2) is 0 Å². The largest absolute Gasteiger partial charge is 0.435 e. The van der Waals surface area contributed by atoms with E-state index < -0.39 is 6.61 Å². The quantitative estimate of drug-likeness (QED) is 0.729. The van der Waals surface area contributed by atoms with E-state index in [1.807, 2.05) is 23.1 Å². The Balaban J connectivity index is 1.48. The molecule has 1 aliphatic heterocycles. The van der Waals surface area contributed by atoms with Crippen LogP contribution in [0, 0.1) is 0 Å². The van der Waals surface area contributed by atoms with Gasteiger partial charge in [0.25, 0.3) is 0 Å². The topological polar surface area (TPSA) is 45.7 Å². The van der Waals surface area contributed by atoms with Crippen molar-refractivity contribution in [1.29, 1.82) is 0 Å². The molecule has 1 saturated heterocycles. The summed E-state index contributed by atoms with van der Waals surface area (Å²) in [6.07, 6.45) is 5.60. The fourth-order valence-electron chi connectivity index (χ4n) is 3.42. The number of rotatable bonds is 7. The van der Waals surface area contributed by atoms with Crippen LogP contribution in [0.3, 0.4) is 0 Å². The standard InChI is InChI=1S/C21H25F2N3O2/c22-21(23)28-19-4-1-3-18(15-19)16-25-11-2-12-26(14-13-25)20(27)6-5-17-7-9-24-10-8-17/h1,3-4,7-10,15,21H,2,5-6,11-14,16H2. The molecule has 0 saturated carbocycles. The molecule has 1 aromatic carbocycles. The molecule has 1 aromatic heterocycles. The molecule has 28 heavy (non-hydrogen) atoms. The predicted molar refractivity (Wildman–Crippen MR) is 102 cm³/mol. The van der Waals surface area contributed by atoms with Crippen LogP contribution in [-0.2, 0) is 17.8 Å². The van der Waals surface area contributed by atoms with Crippen molar-refractivity contribution >= 4 is 5.91 Å². The number of alkyl halides is 2. The van der Waals surface area contributed by atoms with Gasteiger partial charge in [0.15, 0.2) is 0 Å². The molecule has 0 radical (unpaired) electrons. The van der Waals surface area contributed by atoms with E-state index >= 15 is 0 Å². The fourth-order valence-corrected chi connectivity index (χ4v) is 3.42. The number of halogens is 2. The average Bonchev–Trinajstić information content (AvgIpc) is 2.92. The van der Waals surface area contributed by atoms with Crippen molar-refractivity contribution in [2.45, 2.75) is 32.4 Å². The Kier molecular flexibility index (Phi) is 7.31. The molecule has 7 heteroatoms. The summed E-state index contributed by atoms with van der Waals surface area (Å²) in [5.41, 5.74) is 2.04. The molecule has 1 aliphatic rings. The van der Waals surface area contributed by atoms with E-state index in [0.717, 1.165) is 43.6 Å². The highest BCUT2D eigenvalue weighted by molar-refractivity contribution is 5.76. The molecular weight excluding hydrogens is 364 g/mol. The number of aryl methyl sites for hydroxylation is 1. The highest BCUT2D eigenvalue weighted by atomic mass is 19.3.